The number of halogens is 1. The van der Waals surface area contributed by atoms with E-state index in [0.717, 1.165) is 16.7 Å². The molecule has 3 N–H and O–H groups in total. The van der Waals surface area contributed by atoms with Gasteiger partial charge in [-0.05, 0) is 53.8 Å². The van der Waals surface area contributed by atoms with Crippen molar-refractivity contribution < 1.29 is 13.2 Å². The van der Waals surface area contributed by atoms with Gasteiger partial charge in [0.05, 0.1) is 4.90 Å². The van der Waals surface area contributed by atoms with E-state index >= 15 is 0 Å². The molecule has 25 heavy (non-hydrogen) atoms. The van der Waals surface area contributed by atoms with Gasteiger partial charge in [-0.3, -0.25) is 4.79 Å². The van der Waals surface area contributed by atoms with Crippen LogP contribution >= 0.6 is 11.6 Å². The van der Waals surface area contributed by atoms with Crippen molar-refractivity contribution in [3.8, 4) is 0 Å². The van der Waals surface area contributed by atoms with Gasteiger partial charge >= 0.3 is 0 Å². The van der Waals surface area contributed by atoms with Crippen LogP contribution < -0.4 is 10.5 Å². The van der Waals surface area contributed by atoms with Crippen LogP contribution in [0.3, 0.4) is 0 Å². The van der Waals surface area contributed by atoms with Crippen LogP contribution in [0, 0.1) is 0 Å². The molecule has 7 heteroatoms. The van der Waals surface area contributed by atoms with Crippen molar-refractivity contribution in [3.05, 3.63) is 76.8 Å². The van der Waals surface area contributed by atoms with Gasteiger partial charge in [0.2, 0.25) is 15.9 Å². The standard InChI is InChI=1S/C18H19ClN2O3S/c1-2-18(22)21-10-9-13-7-8-16(25(20,23)24)12-15(13)11-14-5-3-4-6-17(14)19/h2-8,12H,1,9-11H2,(H,21,22)(H2,20,23,24). The minimum absolute atomic E-state index is 0.0495. The molecular formula is C18H19ClN2O3S. The molecule has 0 aliphatic rings. The Kier molecular flexibility index (Phi) is 6.36. The highest BCUT2D eigenvalue weighted by molar-refractivity contribution is 7.89. The normalized spacial score (nSPS) is 11.1. The fourth-order valence-corrected chi connectivity index (χ4v) is 3.19. The molecule has 0 aliphatic heterocycles. The third-order valence-corrected chi connectivity index (χ3v) is 5.00. The maximum Gasteiger partial charge on any atom is 0.243 e. The summed E-state index contributed by atoms with van der Waals surface area (Å²) in [6.45, 7) is 3.81. The van der Waals surface area contributed by atoms with Gasteiger partial charge in [-0.1, -0.05) is 42.4 Å². The molecule has 0 spiro atoms. The van der Waals surface area contributed by atoms with Gasteiger partial charge < -0.3 is 5.32 Å². The van der Waals surface area contributed by atoms with Gasteiger partial charge in [-0.15, -0.1) is 0 Å². The quantitative estimate of drug-likeness (QED) is 0.725. The molecule has 1 amide bonds. The minimum Gasteiger partial charge on any atom is -0.352 e. The summed E-state index contributed by atoms with van der Waals surface area (Å²) in [7, 11) is -3.80. The fraction of sp³-hybridized carbons (Fsp3) is 0.167. The monoisotopic (exact) mass is 378 g/mol. The second-order valence-electron chi connectivity index (χ2n) is 5.49. The lowest BCUT2D eigenvalue weighted by Crippen LogP contribution is -2.23. The molecule has 0 unspecified atom stereocenters. The van der Waals surface area contributed by atoms with Gasteiger partial charge in [0.25, 0.3) is 0 Å². The van der Waals surface area contributed by atoms with Crippen LogP contribution in [0.25, 0.3) is 0 Å². The smallest absolute Gasteiger partial charge is 0.243 e. The molecule has 0 saturated carbocycles. The Labute approximate surface area is 152 Å². The zero-order chi connectivity index (χ0) is 18.4. The topological polar surface area (TPSA) is 89.3 Å². The molecule has 0 heterocycles. The molecule has 0 saturated heterocycles. The first-order valence-electron chi connectivity index (χ1n) is 7.59. The van der Waals surface area contributed by atoms with Crippen molar-refractivity contribution in [2.75, 3.05) is 6.54 Å². The summed E-state index contributed by atoms with van der Waals surface area (Å²) in [6, 6.07) is 12.1. The van der Waals surface area contributed by atoms with E-state index in [1.54, 1.807) is 18.2 Å². The second kappa shape index (κ2) is 8.29. The summed E-state index contributed by atoms with van der Waals surface area (Å²) < 4.78 is 23.3. The molecular weight excluding hydrogens is 360 g/mol. The Hall–Kier alpha value is -2.15. The highest BCUT2D eigenvalue weighted by atomic mass is 35.5. The van der Waals surface area contributed by atoms with Gasteiger partial charge in [-0.2, -0.15) is 0 Å². The number of benzene rings is 2. The van der Waals surface area contributed by atoms with Crippen molar-refractivity contribution in [3.63, 3.8) is 0 Å². The van der Waals surface area contributed by atoms with Crippen molar-refractivity contribution in [2.24, 2.45) is 5.14 Å². The summed E-state index contributed by atoms with van der Waals surface area (Å²) in [5.41, 5.74) is 2.59. The van der Waals surface area contributed by atoms with E-state index in [1.807, 2.05) is 18.2 Å². The van der Waals surface area contributed by atoms with Gasteiger partial charge in [0, 0.05) is 11.6 Å². The van der Waals surface area contributed by atoms with Crippen LogP contribution in [0.5, 0.6) is 0 Å². The van der Waals surface area contributed by atoms with Crippen molar-refractivity contribution in [1.82, 2.24) is 5.32 Å². The highest BCUT2D eigenvalue weighted by Crippen LogP contribution is 2.23. The van der Waals surface area contributed by atoms with Crippen molar-refractivity contribution >= 4 is 27.5 Å². The first kappa shape index (κ1) is 19.2. The number of carbonyl (C=O) groups is 1. The van der Waals surface area contributed by atoms with E-state index < -0.39 is 10.0 Å². The summed E-state index contributed by atoms with van der Waals surface area (Å²) in [4.78, 5) is 11.3. The first-order valence-corrected chi connectivity index (χ1v) is 9.52. The lowest BCUT2D eigenvalue weighted by molar-refractivity contribution is -0.116. The van der Waals surface area contributed by atoms with E-state index in [-0.39, 0.29) is 10.8 Å². The summed E-state index contributed by atoms with van der Waals surface area (Å²) in [5.74, 6) is -0.256. The Morgan fingerprint density at radius 3 is 2.52 bits per heavy atom. The SMILES string of the molecule is C=CC(=O)NCCc1ccc(S(N)(=O)=O)cc1Cc1ccccc1Cl. The number of nitrogens with two attached hydrogens (primary N) is 1. The molecule has 5 nitrogen and oxygen atoms in total. The van der Waals surface area contributed by atoms with E-state index in [4.69, 9.17) is 16.7 Å². The van der Waals surface area contributed by atoms with Crippen molar-refractivity contribution in [1.29, 1.82) is 0 Å². The molecule has 2 aromatic carbocycles. The molecule has 0 fully saturated rings. The summed E-state index contributed by atoms with van der Waals surface area (Å²) >= 11 is 6.21. The maximum atomic E-state index is 11.6. The molecule has 132 valence electrons. The number of rotatable bonds is 7. The van der Waals surface area contributed by atoms with E-state index in [2.05, 4.69) is 11.9 Å². The number of primary sulfonamides is 1. The number of carbonyl (C=O) groups excluding carboxylic acids is 1. The second-order valence-corrected chi connectivity index (χ2v) is 7.46. The Bertz CT molecular complexity index is 895. The van der Waals surface area contributed by atoms with Crippen LogP contribution in [0.15, 0.2) is 60.0 Å². The number of nitrogens with one attached hydrogen (secondary N) is 1. The molecule has 0 bridgehead atoms. The van der Waals surface area contributed by atoms with Gasteiger partial charge in [0.15, 0.2) is 0 Å². The minimum atomic E-state index is -3.80. The molecule has 0 radical (unpaired) electrons. The molecule has 2 aromatic rings. The van der Waals surface area contributed by atoms with Crippen LogP contribution in [0.2, 0.25) is 5.02 Å². The lowest BCUT2D eigenvalue weighted by Gasteiger charge is -2.13. The predicted octanol–water partition coefficient (Wildman–Crippen LogP) is 2.42. The van der Waals surface area contributed by atoms with E-state index in [1.165, 1.54) is 12.1 Å². The summed E-state index contributed by atoms with van der Waals surface area (Å²) in [5, 5.41) is 8.54. The first-order chi connectivity index (χ1) is 11.8. The average Bonchev–Trinajstić information content (AvgIpc) is 2.57. The molecule has 0 aromatic heterocycles. The Morgan fingerprint density at radius 1 is 1.16 bits per heavy atom. The lowest BCUT2D eigenvalue weighted by atomic mass is 9.98. The van der Waals surface area contributed by atoms with Gasteiger partial charge in [0.1, 0.15) is 0 Å². The largest absolute Gasteiger partial charge is 0.352 e. The van der Waals surface area contributed by atoms with E-state index in [9.17, 15) is 13.2 Å². The molecule has 2 rings (SSSR count). The number of hydrogen-bond acceptors (Lipinski definition) is 3. The zero-order valence-electron chi connectivity index (χ0n) is 13.5. The summed E-state index contributed by atoms with van der Waals surface area (Å²) in [6.07, 6.45) is 2.22. The molecule has 0 aliphatic carbocycles. The highest BCUT2D eigenvalue weighted by Gasteiger charge is 2.13. The number of sulfonamides is 1. The van der Waals surface area contributed by atoms with Crippen LogP contribution in [-0.2, 0) is 27.7 Å². The zero-order valence-corrected chi connectivity index (χ0v) is 15.1. The average molecular weight is 379 g/mol. The van der Waals surface area contributed by atoms with Crippen molar-refractivity contribution in [2.45, 2.75) is 17.7 Å². The Balaban J connectivity index is 2.33. The van der Waals surface area contributed by atoms with Crippen LogP contribution in [0.4, 0.5) is 0 Å². The van der Waals surface area contributed by atoms with Crippen LogP contribution in [-0.4, -0.2) is 20.9 Å². The van der Waals surface area contributed by atoms with E-state index in [0.29, 0.717) is 24.4 Å². The number of hydrogen-bond donors (Lipinski definition) is 2. The predicted molar refractivity (Wildman–Crippen MR) is 99.0 cm³/mol. The van der Waals surface area contributed by atoms with Crippen LogP contribution in [0.1, 0.15) is 16.7 Å². The third kappa shape index (κ3) is 5.42. The maximum absolute atomic E-state index is 11.6. The third-order valence-electron chi connectivity index (χ3n) is 3.72. The fourth-order valence-electron chi connectivity index (χ4n) is 2.43. The molecule has 0 atom stereocenters. The number of amides is 1. The van der Waals surface area contributed by atoms with Gasteiger partial charge in [-0.25, -0.2) is 13.6 Å². The Morgan fingerprint density at radius 2 is 1.88 bits per heavy atom.